The first-order valence-corrected chi connectivity index (χ1v) is 7.05. The molecule has 4 heteroatoms. The molecule has 0 radical (unpaired) electrons. The molecule has 2 rings (SSSR count). The maximum atomic E-state index is 12.3. The molecule has 1 aliphatic heterocycles. The Balaban J connectivity index is 1.99. The first-order valence-electron chi connectivity index (χ1n) is 6.26. The van der Waals surface area contributed by atoms with Gasteiger partial charge in [0.2, 0.25) is 0 Å². The third-order valence-corrected chi connectivity index (χ3v) is 4.16. The van der Waals surface area contributed by atoms with E-state index in [1.54, 1.807) is 0 Å². The van der Waals surface area contributed by atoms with E-state index in [0.29, 0.717) is 5.92 Å². The Bertz CT molecular complexity index is 436. The molecule has 1 amide bonds. The van der Waals surface area contributed by atoms with Crippen molar-refractivity contribution in [3.8, 4) is 0 Å². The lowest BCUT2D eigenvalue weighted by Crippen LogP contribution is -2.33. The Morgan fingerprint density at radius 1 is 1.50 bits per heavy atom. The fourth-order valence-electron chi connectivity index (χ4n) is 2.49. The van der Waals surface area contributed by atoms with Crippen molar-refractivity contribution in [1.29, 1.82) is 0 Å². The molecule has 0 saturated carbocycles. The van der Waals surface area contributed by atoms with Gasteiger partial charge in [0.25, 0.3) is 5.91 Å². The van der Waals surface area contributed by atoms with E-state index in [1.807, 2.05) is 36.2 Å². The summed E-state index contributed by atoms with van der Waals surface area (Å²) in [5.41, 5.74) is 0.742. The number of carbonyl (C=O) groups is 1. The van der Waals surface area contributed by atoms with E-state index in [9.17, 15) is 4.79 Å². The van der Waals surface area contributed by atoms with Gasteiger partial charge in [-0.15, -0.1) is 0 Å². The molecule has 1 aromatic carbocycles. The van der Waals surface area contributed by atoms with Crippen LogP contribution >= 0.6 is 15.9 Å². The van der Waals surface area contributed by atoms with Gasteiger partial charge in [0.15, 0.2) is 0 Å². The van der Waals surface area contributed by atoms with Gasteiger partial charge in [0.05, 0.1) is 5.56 Å². The maximum absolute atomic E-state index is 12.3. The number of benzene rings is 1. The fourth-order valence-corrected chi connectivity index (χ4v) is 2.94. The molecule has 1 saturated heterocycles. The molecule has 1 fully saturated rings. The van der Waals surface area contributed by atoms with Crippen LogP contribution in [0.25, 0.3) is 0 Å². The van der Waals surface area contributed by atoms with Crippen LogP contribution in [0.2, 0.25) is 0 Å². The molecule has 0 aromatic heterocycles. The molecule has 1 aromatic rings. The maximum Gasteiger partial charge on any atom is 0.254 e. The van der Waals surface area contributed by atoms with Crippen LogP contribution in [0.1, 0.15) is 16.8 Å². The predicted molar refractivity (Wildman–Crippen MR) is 76.7 cm³/mol. The molecule has 0 bridgehead atoms. The summed E-state index contributed by atoms with van der Waals surface area (Å²) in [6.45, 7) is 3.07. The van der Waals surface area contributed by atoms with Crippen molar-refractivity contribution in [3.05, 3.63) is 34.3 Å². The molecule has 0 spiro atoms. The minimum atomic E-state index is 0.0945. The van der Waals surface area contributed by atoms with Gasteiger partial charge in [0.1, 0.15) is 0 Å². The molecule has 1 heterocycles. The third kappa shape index (κ3) is 3.12. The molecule has 1 unspecified atom stereocenters. The summed E-state index contributed by atoms with van der Waals surface area (Å²) in [7, 11) is 4.02. The van der Waals surface area contributed by atoms with E-state index >= 15 is 0 Å². The highest BCUT2D eigenvalue weighted by molar-refractivity contribution is 9.10. The van der Waals surface area contributed by atoms with E-state index in [0.717, 1.165) is 29.7 Å². The second-order valence-electron chi connectivity index (χ2n) is 5.08. The summed E-state index contributed by atoms with van der Waals surface area (Å²) in [6, 6.07) is 7.59. The summed E-state index contributed by atoms with van der Waals surface area (Å²) in [6.07, 6.45) is 1.18. The number of rotatable bonds is 3. The van der Waals surface area contributed by atoms with Gasteiger partial charge in [-0.1, -0.05) is 12.1 Å². The van der Waals surface area contributed by atoms with Crippen LogP contribution < -0.4 is 0 Å². The van der Waals surface area contributed by atoms with Gasteiger partial charge >= 0.3 is 0 Å². The summed E-state index contributed by atoms with van der Waals surface area (Å²) in [4.78, 5) is 16.5. The smallest absolute Gasteiger partial charge is 0.254 e. The van der Waals surface area contributed by atoms with E-state index in [-0.39, 0.29) is 5.91 Å². The van der Waals surface area contributed by atoms with Crippen molar-refractivity contribution in [2.45, 2.75) is 6.42 Å². The number of carbonyl (C=O) groups excluding carboxylic acids is 1. The average Bonchev–Trinajstić information content (AvgIpc) is 2.74. The average molecular weight is 311 g/mol. The summed E-state index contributed by atoms with van der Waals surface area (Å²) in [5, 5.41) is 0. The van der Waals surface area contributed by atoms with Crippen LogP contribution in [-0.4, -0.2) is 49.4 Å². The van der Waals surface area contributed by atoms with Gasteiger partial charge < -0.3 is 9.80 Å². The Hall–Kier alpha value is -0.870. The topological polar surface area (TPSA) is 23.6 Å². The normalized spacial score (nSPS) is 20.1. The van der Waals surface area contributed by atoms with Crippen molar-refractivity contribution in [2.24, 2.45) is 5.92 Å². The molecule has 98 valence electrons. The predicted octanol–water partition coefficient (Wildman–Crippen LogP) is 2.47. The minimum Gasteiger partial charge on any atom is -0.341 e. The zero-order valence-corrected chi connectivity index (χ0v) is 12.5. The quantitative estimate of drug-likeness (QED) is 0.856. The standard InChI is InChI=1S/C14H19BrN2O/c1-16-8-7-11(9-16)10-17(2)14(18)12-5-3-4-6-13(12)15/h3-6,11H,7-10H2,1-2H3. The Kier molecular flexibility index (Phi) is 4.40. The second-order valence-corrected chi connectivity index (χ2v) is 5.94. The Morgan fingerprint density at radius 3 is 2.83 bits per heavy atom. The fraction of sp³-hybridized carbons (Fsp3) is 0.500. The summed E-state index contributed by atoms with van der Waals surface area (Å²) in [5.74, 6) is 0.698. The molecule has 1 aliphatic rings. The van der Waals surface area contributed by atoms with Crippen LogP contribution in [0.5, 0.6) is 0 Å². The van der Waals surface area contributed by atoms with Gasteiger partial charge in [-0.3, -0.25) is 4.79 Å². The van der Waals surface area contributed by atoms with Crippen molar-refractivity contribution < 1.29 is 4.79 Å². The zero-order valence-electron chi connectivity index (χ0n) is 10.9. The Labute approximate surface area is 117 Å². The summed E-state index contributed by atoms with van der Waals surface area (Å²) >= 11 is 3.43. The lowest BCUT2D eigenvalue weighted by Gasteiger charge is -2.21. The molecule has 0 N–H and O–H groups in total. The molecular weight excluding hydrogens is 292 g/mol. The van der Waals surface area contributed by atoms with E-state index in [2.05, 4.69) is 27.9 Å². The summed E-state index contributed by atoms with van der Waals surface area (Å²) < 4.78 is 0.866. The van der Waals surface area contributed by atoms with Crippen molar-refractivity contribution in [3.63, 3.8) is 0 Å². The molecule has 3 nitrogen and oxygen atoms in total. The lowest BCUT2D eigenvalue weighted by atomic mass is 10.1. The van der Waals surface area contributed by atoms with Crippen LogP contribution in [0.3, 0.4) is 0 Å². The molecular formula is C14H19BrN2O. The first-order chi connectivity index (χ1) is 8.58. The highest BCUT2D eigenvalue weighted by Crippen LogP contribution is 2.20. The molecule has 1 atom stereocenters. The second kappa shape index (κ2) is 5.85. The van der Waals surface area contributed by atoms with Crippen molar-refractivity contribution >= 4 is 21.8 Å². The first kappa shape index (κ1) is 13.6. The van der Waals surface area contributed by atoms with Crippen molar-refractivity contribution in [2.75, 3.05) is 33.7 Å². The number of hydrogen-bond donors (Lipinski definition) is 0. The van der Waals surface area contributed by atoms with Crippen molar-refractivity contribution in [1.82, 2.24) is 9.80 Å². The minimum absolute atomic E-state index is 0.0945. The van der Waals surface area contributed by atoms with E-state index < -0.39 is 0 Å². The highest BCUT2D eigenvalue weighted by Gasteiger charge is 2.23. The number of likely N-dealkylation sites (tertiary alicyclic amines) is 1. The van der Waals surface area contributed by atoms with Gasteiger partial charge in [-0.05, 0) is 54.0 Å². The monoisotopic (exact) mass is 310 g/mol. The van der Waals surface area contributed by atoms with E-state index in [4.69, 9.17) is 0 Å². The number of halogens is 1. The van der Waals surface area contributed by atoms with Gasteiger partial charge in [0, 0.05) is 24.6 Å². The van der Waals surface area contributed by atoms with Crippen LogP contribution in [0, 0.1) is 5.92 Å². The zero-order chi connectivity index (χ0) is 13.1. The largest absolute Gasteiger partial charge is 0.341 e. The van der Waals surface area contributed by atoms with E-state index in [1.165, 1.54) is 6.42 Å². The highest BCUT2D eigenvalue weighted by atomic mass is 79.9. The molecule has 18 heavy (non-hydrogen) atoms. The number of hydrogen-bond acceptors (Lipinski definition) is 2. The lowest BCUT2D eigenvalue weighted by molar-refractivity contribution is 0.0773. The Morgan fingerprint density at radius 2 is 2.22 bits per heavy atom. The van der Waals surface area contributed by atoms with Gasteiger partial charge in [-0.2, -0.15) is 0 Å². The SMILES string of the molecule is CN1CCC(CN(C)C(=O)c2ccccc2Br)C1. The van der Waals surface area contributed by atoms with Crippen LogP contribution in [-0.2, 0) is 0 Å². The third-order valence-electron chi connectivity index (χ3n) is 3.47. The number of amides is 1. The number of nitrogens with zero attached hydrogens (tertiary/aromatic N) is 2. The molecule has 0 aliphatic carbocycles. The van der Waals surface area contributed by atoms with Crippen LogP contribution in [0.15, 0.2) is 28.7 Å². The van der Waals surface area contributed by atoms with Gasteiger partial charge in [-0.25, -0.2) is 0 Å². The van der Waals surface area contributed by atoms with Crippen LogP contribution in [0.4, 0.5) is 0 Å².